The first-order valence-electron chi connectivity index (χ1n) is 6.27. The fraction of sp³-hybridized carbons (Fsp3) is 0.500. The fourth-order valence-electron chi connectivity index (χ4n) is 1.94. The second-order valence-corrected chi connectivity index (χ2v) is 6.46. The monoisotopic (exact) mass is 314 g/mol. The van der Waals surface area contributed by atoms with Gasteiger partial charge in [-0.25, -0.2) is 10.4 Å². The molecule has 0 saturated carbocycles. The molecule has 0 aliphatic rings. The van der Waals surface area contributed by atoms with E-state index < -0.39 is 0 Å². The Kier molecular flexibility index (Phi) is 5.11. The van der Waals surface area contributed by atoms with Gasteiger partial charge >= 0.3 is 0 Å². The van der Waals surface area contributed by atoms with E-state index in [9.17, 15) is 0 Å². The summed E-state index contributed by atoms with van der Waals surface area (Å²) in [5, 5.41) is 5.94. The number of likely N-dealkylation sites (N-methyl/N-ethyl adjacent to an activating group) is 1. The zero-order valence-corrected chi connectivity index (χ0v) is 13.4. The summed E-state index contributed by atoms with van der Waals surface area (Å²) in [6, 6.07) is -0.196. The summed E-state index contributed by atoms with van der Waals surface area (Å²) in [4.78, 5) is 7.40. The van der Waals surface area contributed by atoms with Gasteiger partial charge in [-0.1, -0.05) is 11.6 Å². The first-order chi connectivity index (χ1) is 9.52. The van der Waals surface area contributed by atoms with Crippen LogP contribution in [0.1, 0.15) is 21.6 Å². The van der Waals surface area contributed by atoms with Gasteiger partial charge in [-0.3, -0.25) is 10.5 Å². The summed E-state index contributed by atoms with van der Waals surface area (Å²) in [5.41, 5.74) is 3.69. The van der Waals surface area contributed by atoms with E-state index in [4.69, 9.17) is 17.4 Å². The molecule has 3 N–H and O–H groups in total. The van der Waals surface area contributed by atoms with E-state index in [-0.39, 0.29) is 6.04 Å². The average Bonchev–Trinajstić information content (AvgIpc) is 2.97. The molecule has 0 bridgehead atoms. The molecule has 0 aromatic carbocycles. The molecule has 0 radical (unpaired) electrons. The second kappa shape index (κ2) is 6.64. The van der Waals surface area contributed by atoms with E-state index >= 15 is 0 Å². The standard InChI is InChI=1S/C12H19ClN6S/c1-8-15-7-10(20-8)11(17-14)12-9(13)6-16-19(12)5-4-18(2)3/h6-7,11,17H,4-5,14H2,1-3H3. The van der Waals surface area contributed by atoms with Crippen molar-refractivity contribution in [3.8, 4) is 0 Å². The molecule has 0 aliphatic heterocycles. The zero-order valence-electron chi connectivity index (χ0n) is 11.8. The number of aryl methyl sites for hydroxylation is 1. The Morgan fingerprint density at radius 3 is 2.80 bits per heavy atom. The number of hydrazine groups is 1. The van der Waals surface area contributed by atoms with Gasteiger partial charge in [0.1, 0.15) is 6.04 Å². The maximum Gasteiger partial charge on any atom is 0.100 e. The molecule has 1 atom stereocenters. The van der Waals surface area contributed by atoms with Crippen molar-refractivity contribution in [2.75, 3.05) is 20.6 Å². The van der Waals surface area contributed by atoms with Crippen molar-refractivity contribution in [2.24, 2.45) is 5.84 Å². The SMILES string of the molecule is Cc1ncc(C(NN)c2c(Cl)cnn2CCN(C)C)s1. The van der Waals surface area contributed by atoms with E-state index in [1.165, 1.54) is 0 Å². The lowest BCUT2D eigenvalue weighted by Crippen LogP contribution is -2.31. The highest BCUT2D eigenvalue weighted by Gasteiger charge is 2.23. The highest BCUT2D eigenvalue weighted by Crippen LogP contribution is 2.30. The Hall–Kier alpha value is -0.990. The number of halogens is 1. The van der Waals surface area contributed by atoms with Crippen LogP contribution in [0.4, 0.5) is 0 Å². The van der Waals surface area contributed by atoms with Gasteiger partial charge in [-0.15, -0.1) is 11.3 Å². The highest BCUT2D eigenvalue weighted by molar-refractivity contribution is 7.11. The molecule has 0 fully saturated rings. The minimum atomic E-state index is -0.196. The van der Waals surface area contributed by atoms with E-state index in [0.717, 1.165) is 28.7 Å². The molecule has 0 amide bonds. The number of hydrogen-bond donors (Lipinski definition) is 2. The third kappa shape index (κ3) is 3.36. The molecule has 8 heteroatoms. The largest absolute Gasteiger partial charge is 0.308 e. The van der Waals surface area contributed by atoms with Crippen molar-refractivity contribution in [2.45, 2.75) is 19.5 Å². The van der Waals surface area contributed by atoms with Gasteiger partial charge in [0.05, 0.1) is 28.5 Å². The quantitative estimate of drug-likeness (QED) is 0.623. The van der Waals surface area contributed by atoms with Crippen LogP contribution in [0.3, 0.4) is 0 Å². The number of nitrogens with zero attached hydrogens (tertiary/aromatic N) is 4. The number of nitrogens with two attached hydrogens (primary N) is 1. The lowest BCUT2D eigenvalue weighted by atomic mass is 10.2. The second-order valence-electron chi connectivity index (χ2n) is 4.79. The smallest absolute Gasteiger partial charge is 0.100 e. The predicted octanol–water partition coefficient (Wildman–Crippen LogP) is 1.42. The molecular formula is C12H19ClN6S. The van der Waals surface area contributed by atoms with E-state index in [1.54, 1.807) is 17.5 Å². The summed E-state index contributed by atoms with van der Waals surface area (Å²) in [6.07, 6.45) is 3.48. The van der Waals surface area contributed by atoms with Crippen LogP contribution in [0.25, 0.3) is 0 Å². The van der Waals surface area contributed by atoms with Gasteiger partial charge in [-0.2, -0.15) is 5.10 Å². The van der Waals surface area contributed by atoms with Gasteiger partial charge in [0.15, 0.2) is 0 Å². The average molecular weight is 315 g/mol. The Balaban J connectivity index is 2.31. The summed E-state index contributed by atoms with van der Waals surface area (Å²) in [7, 11) is 4.05. The van der Waals surface area contributed by atoms with Crippen molar-refractivity contribution in [1.29, 1.82) is 0 Å². The van der Waals surface area contributed by atoms with Crippen LogP contribution in [0.2, 0.25) is 5.02 Å². The van der Waals surface area contributed by atoms with Crippen molar-refractivity contribution >= 4 is 22.9 Å². The maximum absolute atomic E-state index is 6.28. The Bertz CT molecular complexity index is 564. The van der Waals surface area contributed by atoms with Crippen molar-refractivity contribution in [3.63, 3.8) is 0 Å². The number of aromatic nitrogens is 3. The molecule has 0 spiro atoms. The van der Waals surface area contributed by atoms with Crippen LogP contribution >= 0.6 is 22.9 Å². The molecule has 0 saturated heterocycles. The third-order valence-corrected chi connectivity index (χ3v) is 4.22. The summed E-state index contributed by atoms with van der Waals surface area (Å²) in [6.45, 7) is 3.60. The topological polar surface area (TPSA) is 72.0 Å². The molecule has 2 heterocycles. The van der Waals surface area contributed by atoms with E-state index in [2.05, 4.69) is 20.4 Å². The third-order valence-electron chi connectivity index (χ3n) is 2.96. The number of rotatable bonds is 6. The molecule has 20 heavy (non-hydrogen) atoms. The Morgan fingerprint density at radius 2 is 2.25 bits per heavy atom. The van der Waals surface area contributed by atoms with Crippen molar-refractivity contribution < 1.29 is 0 Å². The minimum absolute atomic E-state index is 0.196. The minimum Gasteiger partial charge on any atom is -0.308 e. The maximum atomic E-state index is 6.28. The lowest BCUT2D eigenvalue weighted by Gasteiger charge is -2.18. The van der Waals surface area contributed by atoms with Gasteiger partial charge in [0.25, 0.3) is 0 Å². The summed E-state index contributed by atoms with van der Waals surface area (Å²) < 4.78 is 1.89. The van der Waals surface area contributed by atoms with Gasteiger partial charge in [0.2, 0.25) is 0 Å². The van der Waals surface area contributed by atoms with E-state index in [0.29, 0.717) is 5.02 Å². The molecule has 110 valence electrons. The molecule has 0 aliphatic carbocycles. The predicted molar refractivity (Wildman–Crippen MR) is 81.8 cm³/mol. The molecule has 2 aromatic heterocycles. The van der Waals surface area contributed by atoms with Gasteiger partial charge in [0, 0.05) is 17.6 Å². The molecule has 6 nitrogen and oxygen atoms in total. The zero-order chi connectivity index (χ0) is 14.7. The van der Waals surface area contributed by atoms with Crippen LogP contribution in [0, 0.1) is 6.92 Å². The Labute approximate surface area is 127 Å². The van der Waals surface area contributed by atoms with Crippen LogP contribution in [-0.4, -0.2) is 40.3 Å². The van der Waals surface area contributed by atoms with E-state index in [1.807, 2.05) is 31.9 Å². The lowest BCUT2D eigenvalue weighted by molar-refractivity contribution is 0.366. The molecule has 2 rings (SSSR count). The van der Waals surface area contributed by atoms with Crippen LogP contribution < -0.4 is 11.3 Å². The highest BCUT2D eigenvalue weighted by atomic mass is 35.5. The van der Waals surface area contributed by atoms with Crippen molar-refractivity contribution in [3.05, 3.63) is 33.0 Å². The van der Waals surface area contributed by atoms with Gasteiger partial charge in [-0.05, 0) is 21.0 Å². The van der Waals surface area contributed by atoms with Crippen LogP contribution in [-0.2, 0) is 6.54 Å². The number of thiazole rings is 1. The number of hydrogen-bond acceptors (Lipinski definition) is 6. The van der Waals surface area contributed by atoms with Crippen LogP contribution in [0.5, 0.6) is 0 Å². The fourth-order valence-corrected chi connectivity index (χ4v) is 3.04. The van der Waals surface area contributed by atoms with Crippen molar-refractivity contribution in [1.82, 2.24) is 25.1 Å². The van der Waals surface area contributed by atoms with Crippen LogP contribution in [0.15, 0.2) is 12.4 Å². The summed E-state index contributed by atoms with van der Waals surface area (Å²) >= 11 is 7.88. The normalized spacial score (nSPS) is 13.1. The number of nitrogens with one attached hydrogen (secondary N) is 1. The Morgan fingerprint density at radius 1 is 1.50 bits per heavy atom. The first kappa shape index (κ1) is 15.4. The molecule has 1 unspecified atom stereocenters. The summed E-state index contributed by atoms with van der Waals surface area (Å²) in [5.74, 6) is 5.72. The molecule has 2 aromatic rings. The van der Waals surface area contributed by atoms with Gasteiger partial charge < -0.3 is 4.90 Å². The molecular weight excluding hydrogens is 296 g/mol. The first-order valence-corrected chi connectivity index (χ1v) is 7.46.